The summed E-state index contributed by atoms with van der Waals surface area (Å²) in [5.74, 6) is -0.315. The zero-order valence-corrected chi connectivity index (χ0v) is 11.6. The summed E-state index contributed by atoms with van der Waals surface area (Å²) in [6, 6.07) is 9.93. The largest absolute Gasteiger partial charge is 0.378 e. The lowest BCUT2D eigenvalue weighted by molar-refractivity contribution is 0.631. The van der Waals surface area contributed by atoms with Crippen LogP contribution in [0.15, 0.2) is 36.4 Å². The van der Waals surface area contributed by atoms with Crippen molar-refractivity contribution in [3.05, 3.63) is 52.3 Å². The molecule has 0 N–H and O–H groups in total. The van der Waals surface area contributed by atoms with E-state index < -0.39 is 0 Å². The number of benzene rings is 2. The van der Waals surface area contributed by atoms with Crippen LogP contribution in [0, 0.1) is 5.82 Å². The van der Waals surface area contributed by atoms with E-state index in [2.05, 4.69) is 0 Å². The molecule has 0 aliphatic carbocycles. The maximum Gasteiger partial charge on any atom is 0.131 e. The zero-order chi connectivity index (χ0) is 13.3. The summed E-state index contributed by atoms with van der Waals surface area (Å²) >= 11 is 12.0. The van der Waals surface area contributed by atoms with E-state index in [1.54, 1.807) is 30.3 Å². The molecule has 1 nitrogen and oxygen atoms in total. The van der Waals surface area contributed by atoms with E-state index in [0.29, 0.717) is 21.2 Å². The van der Waals surface area contributed by atoms with Gasteiger partial charge in [0.15, 0.2) is 0 Å². The molecule has 94 valence electrons. The first-order valence-electron chi connectivity index (χ1n) is 5.41. The van der Waals surface area contributed by atoms with Crippen LogP contribution >= 0.6 is 23.2 Å². The summed E-state index contributed by atoms with van der Waals surface area (Å²) in [6.45, 7) is 0. The summed E-state index contributed by atoms with van der Waals surface area (Å²) in [4.78, 5) is 1.90. The molecule has 0 fully saturated rings. The van der Waals surface area contributed by atoms with E-state index in [1.165, 1.54) is 6.07 Å². The molecular formula is C14H12Cl2FN. The van der Waals surface area contributed by atoms with Crippen LogP contribution in [-0.2, 0) is 0 Å². The van der Waals surface area contributed by atoms with Crippen LogP contribution in [-0.4, -0.2) is 14.1 Å². The van der Waals surface area contributed by atoms with Crippen LogP contribution in [0.5, 0.6) is 0 Å². The summed E-state index contributed by atoms with van der Waals surface area (Å²) in [5.41, 5.74) is 1.96. The maximum atomic E-state index is 13.9. The second-order valence-corrected chi connectivity index (χ2v) is 5.03. The van der Waals surface area contributed by atoms with Gasteiger partial charge < -0.3 is 4.90 Å². The fourth-order valence-electron chi connectivity index (χ4n) is 1.70. The molecule has 0 aromatic heterocycles. The molecule has 0 amide bonds. The van der Waals surface area contributed by atoms with Crippen molar-refractivity contribution in [1.29, 1.82) is 0 Å². The first-order valence-corrected chi connectivity index (χ1v) is 6.17. The van der Waals surface area contributed by atoms with Gasteiger partial charge in [0.05, 0.1) is 0 Å². The van der Waals surface area contributed by atoms with E-state index in [-0.39, 0.29) is 5.82 Å². The Morgan fingerprint density at radius 2 is 1.67 bits per heavy atom. The third kappa shape index (κ3) is 2.60. The molecule has 0 heterocycles. The Morgan fingerprint density at radius 3 is 2.33 bits per heavy atom. The average molecular weight is 284 g/mol. The molecule has 2 rings (SSSR count). The molecule has 0 aliphatic rings. The number of nitrogens with zero attached hydrogens (tertiary/aromatic N) is 1. The smallest absolute Gasteiger partial charge is 0.131 e. The molecule has 0 unspecified atom stereocenters. The molecule has 0 saturated carbocycles. The summed E-state index contributed by atoms with van der Waals surface area (Å²) in [7, 11) is 3.80. The Kier molecular flexibility index (Phi) is 3.79. The van der Waals surface area contributed by atoms with E-state index in [9.17, 15) is 4.39 Å². The highest BCUT2D eigenvalue weighted by Gasteiger charge is 2.11. The number of halogens is 3. The average Bonchev–Trinajstić information content (AvgIpc) is 2.33. The summed E-state index contributed by atoms with van der Waals surface area (Å²) < 4.78 is 13.9. The van der Waals surface area contributed by atoms with Gasteiger partial charge in [-0.3, -0.25) is 0 Å². The van der Waals surface area contributed by atoms with Crippen molar-refractivity contribution in [2.24, 2.45) is 0 Å². The van der Waals surface area contributed by atoms with Gasteiger partial charge in [0.2, 0.25) is 0 Å². The minimum atomic E-state index is -0.315. The van der Waals surface area contributed by atoms with Crippen LogP contribution in [0.1, 0.15) is 0 Å². The molecule has 0 atom stereocenters. The van der Waals surface area contributed by atoms with Crippen LogP contribution in [0.3, 0.4) is 0 Å². The zero-order valence-electron chi connectivity index (χ0n) is 10.0. The Labute approximate surface area is 116 Å². The van der Waals surface area contributed by atoms with Gasteiger partial charge in [-0.2, -0.15) is 0 Å². The SMILES string of the molecule is CN(C)c1ccc(F)c(-c2cc(Cl)ccc2Cl)c1. The van der Waals surface area contributed by atoms with Crippen LogP contribution in [0.2, 0.25) is 10.0 Å². The molecule has 0 saturated heterocycles. The van der Waals surface area contributed by atoms with Crippen molar-refractivity contribution in [2.75, 3.05) is 19.0 Å². The predicted octanol–water partition coefficient (Wildman–Crippen LogP) is 4.87. The van der Waals surface area contributed by atoms with Gasteiger partial charge in [0.25, 0.3) is 0 Å². The lowest BCUT2D eigenvalue weighted by Gasteiger charge is -2.15. The Hall–Kier alpha value is -1.25. The normalized spacial score (nSPS) is 10.5. The van der Waals surface area contributed by atoms with E-state index in [1.807, 2.05) is 19.0 Å². The van der Waals surface area contributed by atoms with Crippen LogP contribution < -0.4 is 4.90 Å². The summed E-state index contributed by atoms with van der Waals surface area (Å²) in [6.07, 6.45) is 0. The Bertz CT molecular complexity index is 582. The van der Waals surface area contributed by atoms with Crippen LogP contribution in [0.4, 0.5) is 10.1 Å². The highest BCUT2D eigenvalue weighted by molar-refractivity contribution is 6.35. The fourth-order valence-corrected chi connectivity index (χ4v) is 2.09. The molecule has 0 bridgehead atoms. The molecule has 4 heteroatoms. The van der Waals surface area contributed by atoms with Crippen molar-refractivity contribution in [3.8, 4) is 11.1 Å². The Morgan fingerprint density at radius 1 is 0.944 bits per heavy atom. The molecule has 2 aromatic carbocycles. The van der Waals surface area contributed by atoms with Crippen molar-refractivity contribution in [3.63, 3.8) is 0 Å². The van der Waals surface area contributed by atoms with Gasteiger partial charge in [-0.05, 0) is 36.4 Å². The Balaban J connectivity index is 2.62. The van der Waals surface area contributed by atoms with Gasteiger partial charge in [0.1, 0.15) is 5.82 Å². The first-order chi connectivity index (χ1) is 8.49. The van der Waals surface area contributed by atoms with Crippen molar-refractivity contribution >= 4 is 28.9 Å². The lowest BCUT2D eigenvalue weighted by Crippen LogP contribution is -2.08. The van der Waals surface area contributed by atoms with Gasteiger partial charge in [-0.25, -0.2) is 4.39 Å². The second-order valence-electron chi connectivity index (χ2n) is 4.18. The number of anilines is 1. The highest BCUT2D eigenvalue weighted by atomic mass is 35.5. The molecular weight excluding hydrogens is 272 g/mol. The minimum Gasteiger partial charge on any atom is -0.378 e. The van der Waals surface area contributed by atoms with Gasteiger partial charge in [-0.15, -0.1) is 0 Å². The predicted molar refractivity (Wildman–Crippen MR) is 76.2 cm³/mol. The molecule has 0 aliphatic heterocycles. The minimum absolute atomic E-state index is 0.315. The van der Waals surface area contributed by atoms with E-state index in [4.69, 9.17) is 23.2 Å². The number of rotatable bonds is 2. The van der Waals surface area contributed by atoms with E-state index >= 15 is 0 Å². The van der Waals surface area contributed by atoms with E-state index in [0.717, 1.165) is 5.69 Å². The first kappa shape index (κ1) is 13.2. The van der Waals surface area contributed by atoms with Gasteiger partial charge in [-0.1, -0.05) is 23.2 Å². The second kappa shape index (κ2) is 5.17. The monoisotopic (exact) mass is 283 g/mol. The lowest BCUT2D eigenvalue weighted by atomic mass is 10.0. The molecule has 2 aromatic rings. The fraction of sp³-hybridized carbons (Fsp3) is 0.143. The van der Waals surface area contributed by atoms with Crippen molar-refractivity contribution in [1.82, 2.24) is 0 Å². The highest BCUT2D eigenvalue weighted by Crippen LogP contribution is 2.34. The molecule has 0 radical (unpaired) electrons. The third-order valence-corrected chi connectivity index (χ3v) is 3.25. The standard InChI is InChI=1S/C14H12Cl2FN/c1-18(2)10-4-6-14(17)12(8-10)11-7-9(15)3-5-13(11)16/h3-8H,1-2H3. The maximum absolute atomic E-state index is 13.9. The van der Waals surface area contributed by atoms with Gasteiger partial charge in [0, 0.05) is 41.0 Å². The quantitative estimate of drug-likeness (QED) is 0.760. The van der Waals surface area contributed by atoms with Crippen LogP contribution in [0.25, 0.3) is 11.1 Å². The topological polar surface area (TPSA) is 3.24 Å². The van der Waals surface area contributed by atoms with Crippen molar-refractivity contribution < 1.29 is 4.39 Å². The summed E-state index contributed by atoms with van der Waals surface area (Å²) in [5, 5.41) is 1.01. The third-order valence-electron chi connectivity index (χ3n) is 2.68. The molecule has 18 heavy (non-hydrogen) atoms. The number of hydrogen-bond acceptors (Lipinski definition) is 1. The van der Waals surface area contributed by atoms with Gasteiger partial charge >= 0.3 is 0 Å². The number of hydrogen-bond donors (Lipinski definition) is 0. The molecule has 0 spiro atoms. The van der Waals surface area contributed by atoms with Crippen molar-refractivity contribution in [2.45, 2.75) is 0 Å².